The van der Waals surface area contributed by atoms with Gasteiger partial charge in [-0.2, -0.15) is 0 Å². The van der Waals surface area contributed by atoms with Crippen LogP contribution in [-0.4, -0.2) is 13.4 Å². The Morgan fingerprint density at radius 2 is 0.677 bits per heavy atom. The summed E-state index contributed by atoms with van der Waals surface area (Å²) in [7, 11) is 0. The number of hydrogen-bond acceptors (Lipinski definition) is 7. The molecule has 0 saturated carbocycles. The molecule has 5 heterocycles. The number of para-hydroxylation sites is 10. The van der Waals surface area contributed by atoms with Gasteiger partial charge in [-0.1, -0.05) is 247 Å². The summed E-state index contributed by atoms with van der Waals surface area (Å²) in [5, 5.41) is 2.22. The van der Waals surface area contributed by atoms with Gasteiger partial charge in [0.05, 0.1) is 0 Å². The van der Waals surface area contributed by atoms with Gasteiger partial charge in [0.15, 0.2) is 0 Å². The van der Waals surface area contributed by atoms with E-state index in [1.54, 1.807) is 0 Å². The summed E-state index contributed by atoms with van der Waals surface area (Å²) in [6, 6.07) is 121. The van der Waals surface area contributed by atoms with E-state index in [0.717, 1.165) is 84.1 Å². The number of rotatable bonds is 10. The molecule has 15 aromatic rings. The minimum Gasteiger partial charge on any atom is -0.455 e. The summed E-state index contributed by atoms with van der Waals surface area (Å²) in [5.74, 6) is 0. The highest BCUT2D eigenvalue weighted by Crippen LogP contribution is 2.54. The van der Waals surface area contributed by atoms with Gasteiger partial charge in [-0.25, -0.2) is 0 Å². The molecule has 0 atom stereocenters. The highest BCUT2D eigenvalue weighted by molar-refractivity contribution is 8.01. The summed E-state index contributed by atoms with van der Waals surface area (Å²) in [6.45, 7) is -0.293. The van der Waals surface area contributed by atoms with Gasteiger partial charge in [-0.15, -0.1) is 0 Å². The summed E-state index contributed by atoms with van der Waals surface area (Å²) in [6.07, 6.45) is 0. The number of benzene rings is 14. The van der Waals surface area contributed by atoms with E-state index in [9.17, 15) is 0 Å². The normalized spacial score (nSPS) is 13.0. The number of nitrogens with zero attached hydrogens (tertiary/aromatic N) is 4. The third-order valence-electron chi connectivity index (χ3n) is 19.1. The zero-order valence-corrected chi connectivity index (χ0v) is 52.0. The fraction of sp³-hybridized carbons (Fsp3) is 0. The van der Waals surface area contributed by atoms with Crippen molar-refractivity contribution in [3.05, 3.63) is 328 Å². The molecule has 14 aromatic carbocycles. The molecule has 0 saturated heterocycles. The molecule has 434 valence electrons. The zero-order valence-electron chi connectivity index (χ0n) is 50.3. The topological polar surface area (TPSA) is 26.1 Å². The Balaban J connectivity index is 0.936. The number of fused-ring (bicyclic) bond motifs is 11. The van der Waals surface area contributed by atoms with Gasteiger partial charge in [0, 0.05) is 110 Å². The van der Waals surface area contributed by atoms with Crippen LogP contribution in [0.3, 0.4) is 0 Å². The zero-order chi connectivity index (χ0) is 61.1. The van der Waals surface area contributed by atoms with E-state index in [-0.39, 0.29) is 13.4 Å². The second kappa shape index (κ2) is 21.8. The number of furan rings is 1. The molecule has 0 bridgehead atoms. The first-order valence-corrected chi connectivity index (χ1v) is 33.4. The first kappa shape index (κ1) is 53.7. The summed E-state index contributed by atoms with van der Waals surface area (Å²) >= 11 is 3.87. The summed E-state index contributed by atoms with van der Waals surface area (Å²) in [5.41, 5.74) is 27.5. The third kappa shape index (κ3) is 8.54. The van der Waals surface area contributed by atoms with Crippen LogP contribution < -0.4 is 52.4 Å². The van der Waals surface area contributed by atoms with Crippen LogP contribution >= 0.6 is 23.5 Å². The quantitative estimate of drug-likeness (QED) is 0.126. The van der Waals surface area contributed by atoms with Crippen molar-refractivity contribution < 1.29 is 4.42 Å². The molecule has 5 nitrogen and oxygen atoms in total. The molecule has 0 unspecified atom stereocenters. The molecule has 19 rings (SSSR count). The van der Waals surface area contributed by atoms with Crippen LogP contribution in [0.25, 0.3) is 44.2 Å². The van der Waals surface area contributed by atoms with Crippen LogP contribution in [0.2, 0.25) is 0 Å². The average Bonchev–Trinajstić information content (AvgIpc) is 1.35. The molecule has 0 fully saturated rings. The Kier molecular flexibility index (Phi) is 12.6. The molecule has 1 aromatic heterocycles. The van der Waals surface area contributed by atoms with Crippen LogP contribution in [-0.2, 0) is 0 Å². The molecule has 4 aliphatic rings. The second-order valence-electron chi connectivity index (χ2n) is 24.2. The van der Waals surface area contributed by atoms with Gasteiger partial charge < -0.3 is 24.0 Å². The van der Waals surface area contributed by atoms with Crippen LogP contribution in [0.5, 0.6) is 0 Å². The van der Waals surface area contributed by atoms with Crippen molar-refractivity contribution in [3.63, 3.8) is 0 Å². The third-order valence-corrected chi connectivity index (χ3v) is 21.5. The van der Waals surface area contributed by atoms with Crippen molar-refractivity contribution in [1.82, 2.24) is 0 Å². The fourth-order valence-corrected chi connectivity index (χ4v) is 18.0. The molecular weight excluding hydrogens is 1170 g/mol. The Morgan fingerprint density at radius 3 is 1.16 bits per heavy atom. The Bertz CT molecular complexity index is 5110. The van der Waals surface area contributed by atoms with E-state index in [1.165, 1.54) is 80.7 Å². The lowest BCUT2D eigenvalue weighted by atomic mass is 9.31. The van der Waals surface area contributed by atoms with Gasteiger partial charge in [0.2, 0.25) is 13.4 Å². The lowest BCUT2D eigenvalue weighted by Gasteiger charge is -2.44. The minimum atomic E-state index is -0.147. The first-order valence-electron chi connectivity index (χ1n) is 31.8. The van der Waals surface area contributed by atoms with Gasteiger partial charge in [-0.05, 0) is 148 Å². The Hall–Kier alpha value is -11.1. The van der Waals surface area contributed by atoms with Crippen molar-refractivity contribution in [1.29, 1.82) is 0 Å². The van der Waals surface area contributed by atoms with E-state index >= 15 is 0 Å². The van der Waals surface area contributed by atoms with Gasteiger partial charge in [0.1, 0.15) is 11.2 Å². The maximum atomic E-state index is 7.02. The van der Waals surface area contributed by atoms with Gasteiger partial charge in [-0.3, -0.25) is 0 Å². The molecule has 9 heteroatoms. The van der Waals surface area contributed by atoms with E-state index in [1.807, 2.05) is 23.5 Å². The van der Waals surface area contributed by atoms with Crippen LogP contribution in [0, 0.1) is 0 Å². The van der Waals surface area contributed by atoms with E-state index in [2.05, 4.69) is 347 Å². The first-order chi connectivity index (χ1) is 46.2. The van der Waals surface area contributed by atoms with E-state index in [4.69, 9.17) is 4.42 Å². The number of hydrogen-bond donors (Lipinski definition) is 0. The van der Waals surface area contributed by atoms with Crippen LogP contribution in [0.15, 0.2) is 352 Å². The highest BCUT2D eigenvalue weighted by atomic mass is 32.2. The largest absolute Gasteiger partial charge is 0.455 e. The molecule has 4 aliphatic heterocycles. The average molecular weight is 1220 g/mol. The Morgan fingerprint density at radius 1 is 0.290 bits per heavy atom. The molecule has 93 heavy (non-hydrogen) atoms. The van der Waals surface area contributed by atoms with Gasteiger partial charge >= 0.3 is 0 Å². The molecule has 0 radical (unpaired) electrons. The molecular formula is C84H54B2N4OS2. The van der Waals surface area contributed by atoms with Crippen molar-refractivity contribution >= 4 is 160 Å². The van der Waals surface area contributed by atoms with Crippen molar-refractivity contribution in [2.45, 2.75) is 19.6 Å². The van der Waals surface area contributed by atoms with Crippen molar-refractivity contribution in [2.75, 3.05) is 19.6 Å². The van der Waals surface area contributed by atoms with E-state index in [0.29, 0.717) is 0 Å². The van der Waals surface area contributed by atoms with Crippen molar-refractivity contribution in [3.8, 4) is 22.3 Å². The number of anilines is 12. The predicted octanol–water partition coefficient (Wildman–Crippen LogP) is 19.4. The van der Waals surface area contributed by atoms with Crippen molar-refractivity contribution in [2.24, 2.45) is 0 Å². The lowest BCUT2D eigenvalue weighted by Crippen LogP contribution is -2.64. The van der Waals surface area contributed by atoms with Crippen LogP contribution in [0.4, 0.5) is 68.2 Å². The molecule has 0 aliphatic carbocycles. The summed E-state index contributed by atoms with van der Waals surface area (Å²) < 4.78 is 7.02. The fourth-order valence-electron chi connectivity index (χ4n) is 15.3. The highest BCUT2D eigenvalue weighted by Gasteiger charge is 2.48. The molecule has 0 amide bonds. The predicted molar refractivity (Wildman–Crippen MR) is 394 cm³/mol. The maximum absolute atomic E-state index is 7.02. The van der Waals surface area contributed by atoms with Gasteiger partial charge in [0.25, 0.3) is 0 Å². The monoisotopic (exact) mass is 1220 g/mol. The van der Waals surface area contributed by atoms with E-state index < -0.39 is 0 Å². The van der Waals surface area contributed by atoms with Crippen LogP contribution in [0.1, 0.15) is 0 Å². The lowest BCUT2D eigenvalue weighted by molar-refractivity contribution is 0.670. The SMILES string of the molecule is c1ccc(N(c2ccccc2)c2cc3c4c(c2)N(c2ccccc2)c2ccccc2B4c2cc4c(c(-c5ccccc5-c5cccc6c5oc5ccccc56)c2S3)Sc2cc(N(c3ccccc3)c3ccccc3)cc3c2B4c2ccccc2N3c2ccccc2)cc1. The Labute approximate surface area is 549 Å². The summed E-state index contributed by atoms with van der Waals surface area (Å²) in [4.78, 5) is 14.9. The standard InChI is InChI=1S/C84H54B2N4OS2/c1-7-28-55(29-8-1)87(56-30-9-2-10-31-56)61-50-74-80-77(52-61)92-83-70(85(80)68-45-22-24-47-72(68)89(74)59-36-15-5-16-37-59)54-71-84(79(83)65-42-20-19-40-63(65)66-43-27-44-67-64-41-21-26-49-76(64)91-82(66)67)93-78-53-62(88(57-32-11-3-12-33-57)58-34-13-4-14-35-58)51-75-81(78)86(71)69-46-23-25-48-73(69)90(75)60-38-17-6-18-39-60/h1-54H. The minimum absolute atomic E-state index is 0.147. The maximum Gasteiger partial charge on any atom is 0.249 e. The molecule has 0 spiro atoms. The smallest absolute Gasteiger partial charge is 0.249 e. The second-order valence-corrected chi connectivity index (χ2v) is 26.3. The molecule has 0 N–H and O–H groups in total.